The van der Waals surface area contributed by atoms with Gasteiger partial charge in [0.1, 0.15) is 12.2 Å². The maximum atomic E-state index is 12.3. The Hall–Kier alpha value is -1.10. The molecule has 0 aromatic carbocycles. The van der Waals surface area contributed by atoms with Crippen LogP contribution in [0.4, 0.5) is 0 Å². The second-order valence-corrected chi connectivity index (χ2v) is 7.35. The average Bonchev–Trinajstić information content (AvgIpc) is 2.90. The lowest BCUT2D eigenvalue weighted by Gasteiger charge is -2.48. The predicted octanol–water partition coefficient (Wildman–Crippen LogP) is 0.742. The molecule has 0 unspecified atom stereocenters. The number of esters is 2. The van der Waals surface area contributed by atoms with Gasteiger partial charge >= 0.3 is 11.9 Å². The summed E-state index contributed by atoms with van der Waals surface area (Å²) in [7, 11) is 0. The fourth-order valence-corrected chi connectivity index (χ4v) is 5.51. The number of ether oxygens (including phenoxy) is 2. The van der Waals surface area contributed by atoms with Crippen LogP contribution in [0, 0.1) is 35.0 Å². The molecule has 1 N–H and O–H groups in total. The van der Waals surface area contributed by atoms with Crippen molar-refractivity contribution < 1.29 is 24.2 Å². The van der Waals surface area contributed by atoms with Crippen LogP contribution in [0.25, 0.3) is 0 Å². The van der Waals surface area contributed by atoms with Crippen molar-refractivity contribution in [2.45, 2.75) is 45.5 Å². The predicted molar refractivity (Wildman–Crippen MR) is 67.3 cm³/mol. The van der Waals surface area contributed by atoms with Crippen LogP contribution in [-0.2, 0) is 19.1 Å². The Kier molecular flexibility index (Phi) is 2.25. The normalized spacial score (nSPS) is 56.0. The van der Waals surface area contributed by atoms with E-state index in [9.17, 15) is 14.7 Å². The number of aliphatic hydroxyl groups excluding tert-OH is 1. The summed E-state index contributed by atoms with van der Waals surface area (Å²) in [6.45, 7) is 5.99. The molecule has 0 aromatic heterocycles. The number of rotatable bonds is 1. The van der Waals surface area contributed by atoms with Crippen LogP contribution in [0.3, 0.4) is 0 Å². The molecule has 0 spiro atoms. The van der Waals surface area contributed by atoms with Gasteiger partial charge in [0.2, 0.25) is 0 Å². The molecule has 2 heterocycles. The molecule has 4 fully saturated rings. The molecule has 8 atom stereocenters. The number of carbonyl (C=O) groups is 2. The van der Waals surface area contributed by atoms with E-state index in [-0.39, 0.29) is 47.6 Å². The first-order valence-electron chi connectivity index (χ1n) is 7.46. The highest BCUT2D eigenvalue weighted by Crippen LogP contribution is 2.66. The van der Waals surface area contributed by atoms with E-state index in [1.165, 1.54) is 0 Å². The smallest absolute Gasteiger partial charge is 0.310 e. The fourth-order valence-electron chi connectivity index (χ4n) is 5.51. The molecule has 110 valence electrons. The third-order valence-electron chi connectivity index (χ3n) is 6.29. The number of carbonyl (C=O) groups excluding carboxylic acids is 2. The van der Waals surface area contributed by atoms with E-state index in [2.05, 4.69) is 0 Å². The summed E-state index contributed by atoms with van der Waals surface area (Å²) in [6.07, 6.45) is -0.893. The van der Waals surface area contributed by atoms with Crippen molar-refractivity contribution in [3.8, 4) is 0 Å². The summed E-state index contributed by atoms with van der Waals surface area (Å²) in [5.74, 6) is -1.01. The molecule has 2 saturated heterocycles. The summed E-state index contributed by atoms with van der Waals surface area (Å²) in [4.78, 5) is 24.4. The van der Waals surface area contributed by atoms with E-state index in [1.807, 2.05) is 20.8 Å². The SMILES string of the molecule is CC(C)[C@@H]1[C@@H](O)[C@H]2OC(=O)[C@H]3C[C@H]4OC(=O)[C@@H]1[C@H]4[C@]32C. The topological polar surface area (TPSA) is 72.8 Å². The zero-order chi connectivity index (χ0) is 14.4. The van der Waals surface area contributed by atoms with Crippen LogP contribution in [0.15, 0.2) is 0 Å². The van der Waals surface area contributed by atoms with Crippen molar-refractivity contribution in [2.75, 3.05) is 0 Å². The first kappa shape index (κ1) is 12.6. The molecule has 5 nitrogen and oxygen atoms in total. The molecular formula is C15H20O5. The minimum atomic E-state index is -0.778. The number of hydrogen-bond donors (Lipinski definition) is 1. The molecule has 2 aliphatic heterocycles. The lowest BCUT2D eigenvalue weighted by atomic mass is 9.55. The van der Waals surface area contributed by atoms with E-state index in [0.29, 0.717) is 6.42 Å². The summed E-state index contributed by atoms with van der Waals surface area (Å²) in [5.41, 5.74) is -0.455. The standard InChI is InChI=1S/C15H20O5/c1-5(2)8-9-10-7(19-14(9)18)4-6-13(17)20-12(11(8)16)15(6,10)3/h5-12,16H,4H2,1-3H3/t6-,7-,8+,9+,10+,11-,12-,15+/m1/s1. The van der Waals surface area contributed by atoms with Gasteiger partial charge in [0.05, 0.1) is 17.9 Å². The Balaban J connectivity index is 1.87. The van der Waals surface area contributed by atoms with Gasteiger partial charge in [0, 0.05) is 17.3 Å². The Bertz CT molecular complexity index is 498. The second kappa shape index (κ2) is 3.56. The van der Waals surface area contributed by atoms with Gasteiger partial charge in [0.25, 0.3) is 0 Å². The molecule has 2 aliphatic carbocycles. The van der Waals surface area contributed by atoms with Crippen LogP contribution in [0.1, 0.15) is 27.2 Å². The average molecular weight is 280 g/mol. The van der Waals surface area contributed by atoms with Crippen molar-refractivity contribution in [1.29, 1.82) is 0 Å². The van der Waals surface area contributed by atoms with Gasteiger partial charge in [-0.25, -0.2) is 0 Å². The minimum absolute atomic E-state index is 0.00671. The molecule has 0 bridgehead atoms. The van der Waals surface area contributed by atoms with Crippen molar-refractivity contribution in [3.63, 3.8) is 0 Å². The van der Waals surface area contributed by atoms with E-state index in [0.717, 1.165) is 0 Å². The Labute approximate surface area is 117 Å². The van der Waals surface area contributed by atoms with Gasteiger partial charge < -0.3 is 14.6 Å². The highest BCUT2D eigenvalue weighted by atomic mass is 16.6. The van der Waals surface area contributed by atoms with Gasteiger partial charge in [-0.1, -0.05) is 20.8 Å². The zero-order valence-electron chi connectivity index (χ0n) is 11.9. The fraction of sp³-hybridized carbons (Fsp3) is 0.867. The first-order valence-corrected chi connectivity index (χ1v) is 7.46. The maximum Gasteiger partial charge on any atom is 0.310 e. The van der Waals surface area contributed by atoms with Gasteiger partial charge in [-0.3, -0.25) is 9.59 Å². The lowest BCUT2D eigenvalue weighted by molar-refractivity contribution is -0.170. The highest BCUT2D eigenvalue weighted by Gasteiger charge is 2.76. The van der Waals surface area contributed by atoms with Gasteiger partial charge in [-0.05, 0) is 12.3 Å². The first-order chi connectivity index (χ1) is 9.37. The monoisotopic (exact) mass is 280 g/mol. The molecule has 20 heavy (non-hydrogen) atoms. The molecular weight excluding hydrogens is 260 g/mol. The van der Waals surface area contributed by atoms with Crippen LogP contribution in [-0.4, -0.2) is 35.4 Å². The molecule has 2 saturated carbocycles. The van der Waals surface area contributed by atoms with Crippen molar-refractivity contribution >= 4 is 11.9 Å². The second-order valence-electron chi connectivity index (χ2n) is 7.35. The molecule has 5 heteroatoms. The molecule has 4 aliphatic rings. The van der Waals surface area contributed by atoms with Crippen LogP contribution >= 0.6 is 0 Å². The lowest BCUT2D eigenvalue weighted by Crippen LogP contribution is -2.58. The van der Waals surface area contributed by atoms with E-state index in [1.54, 1.807) is 0 Å². The highest BCUT2D eigenvalue weighted by molar-refractivity contribution is 5.82. The van der Waals surface area contributed by atoms with Gasteiger partial charge in [-0.2, -0.15) is 0 Å². The summed E-state index contributed by atoms with van der Waals surface area (Å²) in [6, 6.07) is 0. The summed E-state index contributed by atoms with van der Waals surface area (Å²) < 4.78 is 11.0. The summed E-state index contributed by atoms with van der Waals surface area (Å²) in [5, 5.41) is 10.7. The number of hydrogen-bond acceptors (Lipinski definition) is 5. The Morgan fingerprint density at radius 3 is 2.60 bits per heavy atom. The molecule has 0 aromatic rings. The van der Waals surface area contributed by atoms with Gasteiger partial charge in [0.15, 0.2) is 0 Å². The molecule has 4 rings (SSSR count). The third-order valence-corrected chi connectivity index (χ3v) is 6.29. The van der Waals surface area contributed by atoms with Crippen LogP contribution in [0.2, 0.25) is 0 Å². The Morgan fingerprint density at radius 2 is 1.95 bits per heavy atom. The van der Waals surface area contributed by atoms with E-state index in [4.69, 9.17) is 9.47 Å². The van der Waals surface area contributed by atoms with Gasteiger partial charge in [-0.15, -0.1) is 0 Å². The number of aliphatic hydroxyl groups is 1. The van der Waals surface area contributed by atoms with Crippen molar-refractivity contribution in [3.05, 3.63) is 0 Å². The van der Waals surface area contributed by atoms with Crippen molar-refractivity contribution in [2.24, 2.45) is 35.0 Å². The Morgan fingerprint density at radius 1 is 1.25 bits per heavy atom. The van der Waals surface area contributed by atoms with E-state index < -0.39 is 17.6 Å². The molecule has 0 radical (unpaired) electrons. The van der Waals surface area contributed by atoms with Crippen molar-refractivity contribution in [1.82, 2.24) is 0 Å². The van der Waals surface area contributed by atoms with Crippen LogP contribution < -0.4 is 0 Å². The molecule has 0 amide bonds. The van der Waals surface area contributed by atoms with E-state index >= 15 is 0 Å². The third kappa shape index (κ3) is 1.15. The maximum absolute atomic E-state index is 12.3. The summed E-state index contributed by atoms with van der Waals surface area (Å²) >= 11 is 0. The zero-order valence-corrected chi connectivity index (χ0v) is 11.9. The van der Waals surface area contributed by atoms with Crippen LogP contribution in [0.5, 0.6) is 0 Å². The minimum Gasteiger partial charge on any atom is -0.462 e. The quantitative estimate of drug-likeness (QED) is 0.717. The largest absolute Gasteiger partial charge is 0.462 e.